The molecular formula is C35H52O. The van der Waals surface area contributed by atoms with Gasteiger partial charge in [0.1, 0.15) is 5.75 Å². The Morgan fingerprint density at radius 3 is 1.94 bits per heavy atom. The molecule has 0 spiro atoms. The highest BCUT2D eigenvalue weighted by Gasteiger charge is 2.19. The van der Waals surface area contributed by atoms with Crippen LogP contribution in [0.3, 0.4) is 0 Å². The summed E-state index contributed by atoms with van der Waals surface area (Å²) in [6.07, 6.45) is 13.9. The van der Waals surface area contributed by atoms with Crippen molar-refractivity contribution in [1.82, 2.24) is 0 Å². The lowest BCUT2D eigenvalue weighted by Crippen LogP contribution is -2.12. The molecule has 198 valence electrons. The molecule has 0 aliphatic rings. The SMILES string of the molecule is CCCCC(CC)CCc1c2ccccc2c(OCC(CC)CCCC)c2ccc(C(C)CC)cc12. The zero-order valence-corrected chi connectivity index (χ0v) is 24.2. The summed E-state index contributed by atoms with van der Waals surface area (Å²) in [5, 5.41) is 5.42. The lowest BCUT2D eigenvalue weighted by atomic mass is 9.86. The van der Waals surface area contributed by atoms with Gasteiger partial charge in [0.25, 0.3) is 0 Å². The summed E-state index contributed by atoms with van der Waals surface area (Å²) >= 11 is 0. The van der Waals surface area contributed by atoms with Crippen molar-refractivity contribution in [3.63, 3.8) is 0 Å². The van der Waals surface area contributed by atoms with Crippen LogP contribution in [0.25, 0.3) is 21.5 Å². The zero-order chi connectivity index (χ0) is 25.9. The van der Waals surface area contributed by atoms with Crippen LogP contribution in [0.15, 0.2) is 42.5 Å². The maximum absolute atomic E-state index is 6.76. The Morgan fingerprint density at radius 2 is 1.31 bits per heavy atom. The number of hydrogen-bond donors (Lipinski definition) is 0. The van der Waals surface area contributed by atoms with E-state index in [1.54, 1.807) is 0 Å². The van der Waals surface area contributed by atoms with Crippen molar-refractivity contribution >= 4 is 21.5 Å². The van der Waals surface area contributed by atoms with Crippen molar-refractivity contribution in [3.05, 3.63) is 53.6 Å². The summed E-state index contributed by atoms with van der Waals surface area (Å²) in [7, 11) is 0. The van der Waals surface area contributed by atoms with Crippen molar-refractivity contribution in [2.45, 2.75) is 118 Å². The number of unbranched alkanes of at least 4 members (excludes halogenated alkanes) is 2. The van der Waals surface area contributed by atoms with Crippen molar-refractivity contribution < 1.29 is 4.74 Å². The minimum absolute atomic E-state index is 0.574. The third-order valence-corrected chi connectivity index (χ3v) is 8.64. The molecule has 1 heteroatoms. The van der Waals surface area contributed by atoms with Crippen LogP contribution in [0.5, 0.6) is 5.75 Å². The summed E-state index contributed by atoms with van der Waals surface area (Å²) in [5.41, 5.74) is 2.99. The number of benzene rings is 3. The van der Waals surface area contributed by atoms with E-state index in [0.717, 1.165) is 24.7 Å². The average molecular weight is 489 g/mol. The molecule has 1 nitrogen and oxygen atoms in total. The molecule has 0 heterocycles. The van der Waals surface area contributed by atoms with E-state index in [2.05, 4.69) is 84.0 Å². The molecule has 0 aromatic heterocycles. The van der Waals surface area contributed by atoms with Gasteiger partial charge in [-0.25, -0.2) is 0 Å². The summed E-state index contributed by atoms with van der Waals surface area (Å²) in [5.74, 6) is 3.12. The van der Waals surface area contributed by atoms with E-state index in [0.29, 0.717) is 11.8 Å². The lowest BCUT2D eigenvalue weighted by molar-refractivity contribution is 0.238. The molecule has 0 fully saturated rings. The van der Waals surface area contributed by atoms with Crippen LogP contribution in [-0.2, 0) is 6.42 Å². The van der Waals surface area contributed by atoms with Gasteiger partial charge in [0.15, 0.2) is 0 Å². The van der Waals surface area contributed by atoms with Gasteiger partial charge in [-0.3, -0.25) is 0 Å². The second kappa shape index (κ2) is 14.7. The van der Waals surface area contributed by atoms with Crippen LogP contribution in [0.1, 0.15) is 123 Å². The van der Waals surface area contributed by atoms with E-state index < -0.39 is 0 Å². The van der Waals surface area contributed by atoms with Gasteiger partial charge >= 0.3 is 0 Å². The van der Waals surface area contributed by atoms with Crippen molar-refractivity contribution in [2.75, 3.05) is 6.61 Å². The third kappa shape index (κ3) is 7.05. The van der Waals surface area contributed by atoms with Gasteiger partial charge in [0.2, 0.25) is 0 Å². The molecule has 3 rings (SSSR count). The Kier molecular flexibility index (Phi) is 11.6. The largest absolute Gasteiger partial charge is 0.492 e. The monoisotopic (exact) mass is 488 g/mol. The summed E-state index contributed by atoms with van der Waals surface area (Å²) in [6.45, 7) is 14.8. The van der Waals surface area contributed by atoms with Crippen molar-refractivity contribution in [3.8, 4) is 5.75 Å². The number of hydrogen-bond acceptors (Lipinski definition) is 1. The second-order valence-electron chi connectivity index (χ2n) is 11.2. The molecule has 3 aromatic carbocycles. The van der Waals surface area contributed by atoms with Crippen molar-refractivity contribution in [1.29, 1.82) is 0 Å². The maximum Gasteiger partial charge on any atom is 0.134 e. The predicted molar refractivity (Wildman–Crippen MR) is 161 cm³/mol. The summed E-state index contributed by atoms with van der Waals surface area (Å²) in [6, 6.07) is 16.2. The van der Waals surface area contributed by atoms with Crippen molar-refractivity contribution in [2.24, 2.45) is 11.8 Å². The molecule has 0 radical (unpaired) electrons. The van der Waals surface area contributed by atoms with E-state index in [-0.39, 0.29) is 0 Å². The average Bonchev–Trinajstić information content (AvgIpc) is 2.92. The van der Waals surface area contributed by atoms with E-state index in [1.807, 2.05) is 0 Å². The highest BCUT2D eigenvalue weighted by Crippen LogP contribution is 2.41. The van der Waals surface area contributed by atoms with Gasteiger partial charge in [-0.15, -0.1) is 0 Å². The first-order valence-corrected chi connectivity index (χ1v) is 15.2. The number of ether oxygens (including phenoxy) is 1. The van der Waals surface area contributed by atoms with Crippen LogP contribution in [0.2, 0.25) is 0 Å². The molecule has 0 N–H and O–H groups in total. The number of rotatable bonds is 16. The fourth-order valence-electron chi connectivity index (χ4n) is 5.70. The summed E-state index contributed by atoms with van der Waals surface area (Å²) < 4.78 is 6.76. The Labute approximate surface area is 222 Å². The van der Waals surface area contributed by atoms with Gasteiger partial charge in [0.05, 0.1) is 6.61 Å². The van der Waals surface area contributed by atoms with Crippen LogP contribution in [-0.4, -0.2) is 6.61 Å². The van der Waals surface area contributed by atoms with Gasteiger partial charge in [0, 0.05) is 10.8 Å². The molecule has 3 unspecified atom stereocenters. The predicted octanol–water partition coefficient (Wildman–Crippen LogP) is 11.3. The minimum atomic E-state index is 0.574. The standard InChI is InChI=1S/C35H52O/c1-7-12-16-27(10-4)20-22-31-30-18-14-15-19-32(30)35(36-25-28(11-5)17-13-8-2)33-23-21-29(24-34(31)33)26(6)9-3/h14-15,18-19,21,23-24,26-28H,7-13,16-17,20,22,25H2,1-6H3. The molecule has 0 saturated heterocycles. The van der Waals surface area contributed by atoms with E-state index in [9.17, 15) is 0 Å². The van der Waals surface area contributed by atoms with Crippen LogP contribution < -0.4 is 4.74 Å². The number of fused-ring (bicyclic) bond motifs is 2. The minimum Gasteiger partial charge on any atom is -0.492 e. The Hall–Kier alpha value is -2.02. The Bertz CT molecular complexity index is 1070. The van der Waals surface area contributed by atoms with Gasteiger partial charge < -0.3 is 4.74 Å². The zero-order valence-electron chi connectivity index (χ0n) is 24.2. The highest BCUT2D eigenvalue weighted by molar-refractivity contribution is 6.08. The van der Waals surface area contributed by atoms with Gasteiger partial charge in [-0.1, -0.05) is 129 Å². The lowest BCUT2D eigenvalue weighted by Gasteiger charge is -2.22. The molecule has 0 amide bonds. The normalized spacial score (nSPS) is 14.3. The van der Waals surface area contributed by atoms with E-state index in [1.165, 1.54) is 96.9 Å². The Morgan fingerprint density at radius 1 is 0.667 bits per heavy atom. The second-order valence-corrected chi connectivity index (χ2v) is 11.2. The highest BCUT2D eigenvalue weighted by atomic mass is 16.5. The van der Waals surface area contributed by atoms with Crippen LogP contribution in [0, 0.1) is 11.8 Å². The first-order valence-electron chi connectivity index (χ1n) is 15.2. The molecule has 0 aliphatic heterocycles. The van der Waals surface area contributed by atoms with Gasteiger partial charge in [-0.05, 0) is 65.3 Å². The van der Waals surface area contributed by atoms with E-state index >= 15 is 0 Å². The molecule has 0 saturated carbocycles. The topological polar surface area (TPSA) is 9.23 Å². The first-order chi connectivity index (χ1) is 17.6. The van der Waals surface area contributed by atoms with E-state index in [4.69, 9.17) is 4.74 Å². The summed E-state index contributed by atoms with van der Waals surface area (Å²) in [4.78, 5) is 0. The molecule has 0 aliphatic carbocycles. The molecule has 3 aromatic rings. The first kappa shape index (κ1) is 28.5. The molecular weight excluding hydrogens is 436 g/mol. The fourth-order valence-corrected chi connectivity index (χ4v) is 5.70. The smallest absolute Gasteiger partial charge is 0.134 e. The van der Waals surface area contributed by atoms with Gasteiger partial charge in [-0.2, -0.15) is 0 Å². The quantitative estimate of drug-likeness (QED) is 0.182. The van der Waals surface area contributed by atoms with Crippen LogP contribution >= 0.6 is 0 Å². The molecule has 36 heavy (non-hydrogen) atoms. The maximum atomic E-state index is 6.76. The van der Waals surface area contributed by atoms with Crippen LogP contribution in [0.4, 0.5) is 0 Å². The molecule has 0 bridgehead atoms. The number of aryl methyl sites for hydroxylation is 1. The Balaban J connectivity index is 2.10. The molecule has 3 atom stereocenters. The third-order valence-electron chi connectivity index (χ3n) is 8.64. The fraction of sp³-hybridized carbons (Fsp3) is 0.600.